The highest BCUT2D eigenvalue weighted by Gasteiger charge is 2.31. The molecule has 0 radical (unpaired) electrons. The predicted octanol–water partition coefficient (Wildman–Crippen LogP) is 0.864. The van der Waals surface area contributed by atoms with Crippen molar-refractivity contribution in [2.75, 3.05) is 26.2 Å². The lowest BCUT2D eigenvalue weighted by molar-refractivity contribution is -0.384. The van der Waals surface area contributed by atoms with Gasteiger partial charge in [-0.25, -0.2) is 8.42 Å². The summed E-state index contributed by atoms with van der Waals surface area (Å²) in [5.41, 5.74) is -0.145. The van der Waals surface area contributed by atoms with Crippen LogP contribution in [0.3, 0.4) is 0 Å². The van der Waals surface area contributed by atoms with E-state index in [4.69, 9.17) is 0 Å². The molecule has 3 rings (SSSR count). The van der Waals surface area contributed by atoms with E-state index < -0.39 is 14.9 Å². The Balaban J connectivity index is 1.56. The Morgan fingerprint density at radius 1 is 1.11 bits per heavy atom. The summed E-state index contributed by atoms with van der Waals surface area (Å²) in [4.78, 5) is 22.5. The third-order valence-electron chi connectivity index (χ3n) is 5.20. The second-order valence-electron chi connectivity index (χ2n) is 6.96. The summed E-state index contributed by atoms with van der Waals surface area (Å²) in [5.74, 6) is 0.0984. The Hall–Kier alpha value is -2.04. The lowest BCUT2D eigenvalue weighted by atomic mass is 9.96. The molecule has 0 saturated carbocycles. The minimum absolute atomic E-state index is 0.0179. The van der Waals surface area contributed by atoms with Crippen molar-refractivity contribution in [1.82, 2.24) is 14.9 Å². The molecule has 9 nitrogen and oxygen atoms in total. The van der Waals surface area contributed by atoms with Crippen LogP contribution in [0, 0.1) is 16.0 Å². The van der Waals surface area contributed by atoms with Gasteiger partial charge in [-0.2, -0.15) is 4.31 Å². The van der Waals surface area contributed by atoms with Crippen LogP contribution < -0.4 is 10.6 Å². The molecule has 0 spiro atoms. The summed E-state index contributed by atoms with van der Waals surface area (Å²) < 4.78 is 26.8. The van der Waals surface area contributed by atoms with E-state index in [9.17, 15) is 23.3 Å². The number of nitrogens with one attached hydrogen (secondary N) is 2. The molecule has 2 heterocycles. The zero-order valence-electron chi connectivity index (χ0n) is 15.0. The number of rotatable bonds is 5. The van der Waals surface area contributed by atoms with Crippen molar-refractivity contribution in [2.45, 2.75) is 36.6 Å². The van der Waals surface area contributed by atoms with Crippen molar-refractivity contribution < 1.29 is 18.1 Å². The molecule has 148 valence electrons. The molecule has 1 aromatic carbocycles. The predicted molar refractivity (Wildman–Crippen MR) is 98.6 cm³/mol. The first kappa shape index (κ1) is 19.7. The number of carbonyl (C=O) groups is 1. The number of carbonyl (C=O) groups excluding carboxylic acids is 1. The van der Waals surface area contributed by atoms with Gasteiger partial charge >= 0.3 is 0 Å². The van der Waals surface area contributed by atoms with E-state index in [1.54, 1.807) is 0 Å². The second-order valence-corrected chi connectivity index (χ2v) is 8.90. The average Bonchev–Trinajstić information content (AvgIpc) is 2.69. The van der Waals surface area contributed by atoms with Crippen LogP contribution in [0.15, 0.2) is 29.2 Å². The van der Waals surface area contributed by atoms with Crippen molar-refractivity contribution in [1.29, 1.82) is 0 Å². The molecule has 0 bridgehead atoms. The van der Waals surface area contributed by atoms with Gasteiger partial charge in [-0.05, 0) is 50.9 Å². The number of nitro benzene ring substituents is 1. The van der Waals surface area contributed by atoms with E-state index in [-0.39, 0.29) is 28.4 Å². The molecule has 2 aliphatic rings. The number of amides is 1. The quantitative estimate of drug-likeness (QED) is 0.562. The van der Waals surface area contributed by atoms with Gasteiger partial charge in [0.15, 0.2) is 0 Å². The number of benzene rings is 1. The Morgan fingerprint density at radius 2 is 1.70 bits per heavy atom. The van der Waals surface area contributed by atoms with Crippen LogP contribution in [0.1, 0.15) is 25.7 Å². The highest BCUT2D eigenvalue weighted by atomic mass is 32.2. The maximum absolute atomic E-state index is 12.7. The number of piperidine rings is 2. The van der Waals surface area contributed by atoms with E-state index in [2.05, 4.69) is 10.6 Å². The summed E-state index contributed by atoms with van der Waals surface area (Å²) in [5, 5.41) is 17.0. The molecule has 0 unspecified atom stereocenters. The number of hydrogen-bond donors (Lipinski definition) is 2. The topological polar surface area (TPSA) is 122 Å². The first-order chi connectivity index (χ1) is 12.9. The van der Waals surface area contributed by atoms with E-state index in [1.807, 2.05) is 0 Å². The van der Waals surface area contributed by atoms with Gasteiger partial charge < -0.3 is 10.6 Å². The fourth-order valence-electron chi connectivity index (χ4n) is 3.53. The molecule has 2 saturated heterocycles. The molecular weight excluding hydrogens is 372 g/mol. The molecule has 27 heavy (non-hydrogen) atoms. The van der Waals surface area contributed by atoms with E-state index >= 15 is 0 Å². The van der Waals surface area contributed by atoms with Gasteiger partial charge in [0.25, 0.3) is 5.69 Å². The maximum Gasteiger partial charge on any atom is 0.269 e. The molecule has 2 fully saturated rings. The highest BCUT2D eigenvalue weighted by Crippen LogP contribution is 2.23. The fourth-order valence-corrected chi connectivity index (χ4v) is 5.00. The number of sulfonamides is 1. The number of non-ortho nitro benzene ring substituents is 1. The van der Waals surface area contributed by atoms with Crippen molar-refractivity contribution in [3.8, 4) is 0 Å². The lowest BCUT2D eigenvalue weighted by Crippen LogP contribution is -2.48. The van der Waals surface area contributed by atoms with Crippen LogP contribution in [0.25, 0.3) is 0 Å². The minimum atomic E-state index is -3.69. The van der Waals surface area contributed by atoms with Gasteiger partial charge in [0, 0.05) is 37.2 Å². The summed E-state index contributed by atoms with van der Waals surface area (Å²) >= 11 is 0. The summed E-state index contributed by atoms with van der Waals surface area (Å²) in [6, 6.07) is 4.89. The number of nitrogens with zero attached hydrogens (tertiary/aromatic N) is 2. The summed E-state index contributed by atoms with van der Waals surface area (Å²) in [6.45, 7) is 2.33. The summed E-state index contributed by atoms with van der Waals surface area (Å²) in [6.07, 6.45) is 2.78. The van der Waals surface area contributed by atoms with Crippen LogP contribution in [0.2, 0.25) is 0 Å². The van der Waals surface area contributed by atoms with Crippen LogP contribution in [0.4, 0.5) is 5.69 Å². The van der Waals surface area contributed by atoms with Gasteiger partial charge in [0.05, 0.1) is 9.82 Å². The maximum atomic E-state index is 12.7. The van der Waals surface area contributed by atoms with Crippen LogP contribution >= 0.6 is 0 Å². The molecule has 0 aromatic heterocycles. The van der Waals surface area contributed by atoms with Gasteiger partial charge in [0.2, 0.25) is 15.9 Å². The van der Waals surface area contributed by atoms with E-state index in [1.165, 1.54) is 28.6 Å². The normalized spacial score (nSPS) is 20.3. The molecule has 0 aliphatic carbocycles. The van der Waals surface area contributed by atoms with E-state index in [0.29, 0.717) is 25.9 Å². The lowest BCUT2D eigenvalue weighted by Gasteiger charge is -2.33. The second kappa shape index (κ2) is 8.32. The van der Waals surface area contributed by atoms with Crippen LogP contribution in [-0.2, 0) is 14.8 Å². The van der Waals surface area contributed by atoms with Gasteiger partial charge in [0.1, 0.15) is 0 Å². The zero-order chi connectivity index (χ0) is 19.4. The molecule has 1 amide bonds. The van der Waals surface area contributed by atoms with Crippen molar-refractivity contribution in [2.24, 2.45) is 5.92 Å². The zero-order valence-corrected chi connectivity index (χ0v) is 15.8. The summed E-state index contributed by atoms with van der Waals surface area (Å²) in [7, 11) is -3.69. The van der Waals surface area contributed by atoms with Crippen LogP contribution in [-0.4, -0.2) is 55.8 Å². The monoisotopic (exact) mass is 396 g/mol. The van der Waals surface area contributed by atoms with Crippen molar-refractivity contribution in [3.63, 3.8) is 0 Å². The first-order valence-corrected chi connectivity index (χ1v) is 10.6. The third-order valence-corrected chi connectivity index (χ3v) is 7.11. The average molecular weight is 396 g/mol. The smallest absolute Gasteiger partial charge is 0.269 e. The van der Waals surface area contributed by atoms with E-state index in [0.717, 1.165) is 25.9 Å². The standard InChI is InChI=1S/C17H24N4O5S/c22-17(13-5-9-18-10-6-13)19-14-7-11-20(12-8-14)27(25,26)16-3-1-15(2-4-16)21(23)24/h1-4,13-14,18H,5-12H2,(H,19,22). The van der Waals surface area contributed by atoms with Crippen LogP contribution in [0.5, 0.6) is 0 Å². The van der Waals surface area contributed by atoms with Gasteiger partial charge in [-0.15, -0.1) is 0 Å². The molecule has 2 N–H and O–H groups in total. The fraction of sp³-hybridized carbons (Fsp3) is 0.588. The number of hydrogen-bond acceptors (Lipinski definition) is 6. The minimum Gasteiger partial charge on any atom is -0.353 e. The Kier molecular flexibility index (Phi) is 6.08. The number of nitro groups is 1. The molecule has 10 heteroatoms. The highest BCUT2D eigenvalue weighted by molar-refractivity contribution is 7.89. The third kappa shape index (κ3) is 4.63. The first-order valence-electron chi connectivity index (χ1n) is 9.13. The van der Waals surface area contributed by atoms with Gasteiger partial charge in [-0.1, -0.05) is 0 Å². The van der Waals surface area contributed by atoms with Crippen molar-refractivity contribution >= 4 is 21.6 Å². The Bertz CT molecular complexity index is 782. The molecule has 1 aromatic rings. The molecular formula is C17H24N4O5S. The van der Waals surface area contributed by atoms with Crippen molar-refractivity contribution in [3.05, 3.63) is 34.4 Å². The van der Waals surface area contributed by atoms with Gasteiger partial charge in [-0.3, -0.25) is 14.9 Å². The molecule has 0 atom stereocenters. The Morgan fingerprint density at radius 3 is 2.26 bits per heavy atom. The SMILES string of the molecule is O=C(NC1CCN(S(=O)(=O)c2ccc([N+](=O)[O-])cc2)CC1)C1CCNCC1. The molecule has 2 aliphatic heterocycles. The largest absolute Gasteiger partial charge is 0.353 e. The Labute approximate surface area is 158 Å².